The zero-order chi connectivity index (χ0) is 16.3. The minimum Gasteiger partial charge on any atom is -0.478 e. The lowest BCUT2D eigenvalue weighted by Gasteiger charge is -2.23. The summed E-state index contributed by atoms with van der Waals surface area (Å²) in [6.07, 6.45) is 6.37. The number of benzene rings is 2. The molecule has 0 atom stereocenters. The van der Waals surface area contributed by atoms with Crippen LogP contribution in [0.2, 0.25) is 0 Å². The van der Waals surface area contributed by atoms with E-state index < -0.39 is 16.0 Å². The van der Waals surface area contributed by atoms with Crippen LogP contribution in [0.15, 0.2) is 48.5 Å². The lowest BCUT2D eigenvalue weighted by molar-refractivity contribution is 0.0697. The molecule has 0 aromatic heterocycles. The van der Waals surface area contributed by atoms with Gasteiger partial charge in [0.25, 0.3) is 0 Å². The number of terminal acetylenes is 1. The highest BCUT2D eigenvalue weighted by Gasteiger charge is 2.21. The third kappa shape index (κ3) is 3.27. The van der Waals surface area contributed by atoms with Gasteiger partial charge in [-0.15, -0.1) is 6.42 Å². The van der Waals surface area contributed by atoms with Crippen LogP contribution in [0.5, 0.6) is 0 Å². The number of para-hydroxylation sites is 1. The maximum atomic E-state index is 12.1. The third-order valence-corrected chi connectivity index (χ3v) is 3.97. The summed E-state index contributed by atoms with van der Waals surface area (Å²) in [5.74, 6) is 1.15. The molecule has 0 bridgehead atoms. The molecule has 0 saturated heterocycles. The highest BCUT2D eigenvalue weighted by Crippen LogP contribution is 2.29. The number of hydrogen-bond acceptors (Lipinski definition) is 3. The van der Waals surface area contributed by atoms with Gasteiger partial charge in [-0.05, 0) is 30.3 Å². The molecule has 112 valence electrons. The van der Waals surface area contributed by atoms with Crippen LogP contribution in [0, 0.1) is 12.3 Å². The Balaban J connectivity index is 2.71. The van der Waals surface area contributed by atoms with E-state index in [1.165, 1.54) is 18.2 Å². The van der Waals surface area contributed by atoms with Crippen LogP contribution >= 0.6 is 0 Å². The minimum atomic E-state index is -3.67. The van der Waals surface area contributed by atoms with E-state index in [1.807, 2.05) is 0 Å². The lowest BCUT2D eigenvalue weighted by Crippen LogP contribution is -2.25. The van der Waals surface area contributed by atoms with Gasteiger partial charge in [0.05, 0.1) is 23.2 Å². The predicted octanol–water partition coefficient (Wildman–Crippen LogP) is 2.46. The maximum absolute atomic E-state index is 12.1. The first kappa shape index (κ1) is 15.6. The molecule has 6 heteroatoms. The molecular weight excluding hydrogens is 302 g/mol. The van der Waals surface area contributed by atoms with Crippen molar-refractivity contribution in [1.82, 2.24) is 0 Å². The second-order valence-electron chi connectivity index (χ2n) is 4.58. The molecule has 5 nitrogen and oxygen atoms in total. The fraction of sp³-hybridized carbons (Fsp3) is 0.0625. The average molecular weight is 315 g/mol. The quantitative estimate of drug-likeness (QED) is 0.880. The first-order valence-electron chi connectivity index (χ1n) is 6.23. The first-order chi connectivity index (χ1) is 10.3. The molecule has 0 heterocycles. The van der Waals surface area contributed by atoms with E-state index >= 15 is 0 Å². The molecule has 0 aliphatic carbocycles. The SMILES string of the molecule is C#Cc1cc(C(=O)O)cc(N(c2ccccc2)S(C)(=O)=O)c1. The molecule has 0 amide bonds. The number of sulfonamides is 1. The normalized spacial score (nSPS) is 10.7. The zero-order valence-corrected chi connectivity index (χ0v) is 12.5. The Hall–Kier alpha value is -2.78. The third-order valence-electron chi connectivity index (χ3n) is 2.89. The van der Waals surface area contributed by atoms with Gasteiger partial charge >= 0.3 is 5.97 Å². The van der Waals surface area contributed by atoms with Gasteiger partial charge in [0, 0.05) is 5.56 Å². The molecule has 0 aliphatic heterocycles. The summed E-state index contributed by atoms with van der Waals surface area (Å²) in [6, 6.07) is 12.4. The summed E-state index contributed by atoms with van der Waals surface area (Å²) in [5, 5.41) is 9.15. The molecule has 0 unspecified atom stereocenters. The number of carboxylic acid groups (broad SMARTS) is 1. The summed E-state index contributed by atoms with van der Waals surface area (Å²) in [5.41, 5.74) is 0.798. The van der Waals surface area contributed by atoms with Crippen molar-refractivity contribution in [1.29, 1.82) is 0 Å². The van der Waals surface area contributed by atoms with E-state index in [4.69, 9.17) is 11.5 Å². The van der Waals surface area contributed by atoms with Crippen molar-refractivity contribution in [3.8, 4) is 12.3 Å². The van der Waals surface area contributed by atoms with E-state index in [2.05, 4.69) is 5.92 Å². The predicted molar refractivity (Wildman–Crippen MR) is 84.8 cm³/mol. The summed E-state index contributed by atoms with van der Waals surface area (Å²) in [4.78, 5) is 11.2. The van der Waals surface area contributed by atoms with E-state index in [0.29, 0.717) is 11.3 Å². The van der Waals surface area contributed by atoms with Crippen LogP contribution in [0.3, 0.4) is 0 Å². The molecule has 2 aromatic carbocycles. The van der Waals surface area contributed by atoms with Gasteiger partial charge in [0.2, 0.25) is 10.0 Å². The fourth-order valence-corrected chi connectivity index (χ4v) is 3.02. The van der Waals surface area contributed by atoms with Gasteiger partial charge in [-0.3, -0.25) is 0 Å². The van der Waals surface area contributed by atoms with Gasteiger partial charge in [-0.1, -0.05) is 24.1 Å². The molecule has 22 heavy (non-hydrogen) atoms. The molecule has 0 spiro atoms. The Morgan fingerprint density at radius 2 is 1.77 bits per heavy atom. The summed E-state index contributed by atoms with van der Waals surface area (Å²) in [7, 11) is -3.67. The standard InChI is InChI=1S/C16H13NO4S/c1-3-12-9-13(16(18)19)11-15(10-12)17(22(2,20)21)14-7-5-4-6-8-14/h1,4-11H,2H3,(H,18,19). The first-order valence-corrected chi connectivity index (χ1v) is 8.08. The number of rotatable bonds is 4. The van der Waals surface area contributed by atoms with Crippen LogP contribution in [0.1, 0.15) is 15.9 Å². The van der Waals surface area contributed by atoms with Crippen molar-refractivity contribution in [3.05, 3.63) is 59.7 Å². The molecular formula is C16H13NO4S. The lowest BCUT2D eigenvalue weighted by atomic mass is 10.1. The van der Waals surface area contributed by atoms with E-state index in [-0.39, 0.29) is 11.3 Å². The highest BCUT2D eigenvalue weighted by atomic mass is 32.2. The number of hydrogen-bond donors (Lipinski definition) is 1. The second kappa shape index (κ2) is 5.92. The van der Waals surface area contributed by atoms with E-state index in [9.17, 15) is 13.2 Å². The van der Waals surface area contributed by atoms with Gasteiger partial charge in [0.1, 0.15) is 0 Å². The van der Waals surface area contributed by atoms with Gasteiger partial charge in [-0.25, -0.2) is 17.5 Å². The van der Waals surface area contributed by atoms with Crippen molar-refractivity contribution < 1.29 is 18.3 Å². The number of aromatic carboxylic acids is 1. The zero-order valence-electron chi connectivity index (χ0n) is 11.7. The summed E-state index contributed by atoms with van der Waals surface area (Å²) < 4.78 is 25.3. The van der Waals surface area contributed by atoms with Crippen molar-refractivity contribution in [2.45, 2.75) is 0 Å². The minimum absolute atomic E-state index is 0.0740. The van der Waals surface area contributed by atoms with Crippen LogP contribution in [0.25, 0.3) is 0 Å². The summed E-state index contributed by atoms with van der Waals surface area (Å²) in [6.45, 7) is 0. The Morgan fingerprint density at radius 3 is 2.27 bits per heavy atom. The van der Waals surface area contributed by atoms with Crippen LogP contribution < -0.4 is 4.31 Å². The van der Waals surface area contributed by atoms with Crippen molar-refractivity contribution >= 4 is 27.4 Å². The van der Waals surface area contributed by atoms with Gasteiger partial charge < -0.3 is 5.11 Å². The Morgan fingerprint density at radius 1 is 1.14 bits per heavy atom. The van der Waals surface area contributed by atoms with Gasteiger partial charge in [0.15, 0.2) is 0 Å². The molecule has 2 aromatic rings. The van der Waals surface area contributed by atoms with E-state index in [1.54, 1.807) is 30.3 Å². The molecule has 0 fully saturated rings. The molecule has 2 rings (SSSR count). The molecule has 0 radical (unpaired) electrons. The maximum Gasteiger partial charge on any atom is 0.335 e. The number of anilines is 2. The molecule has 0 saturated carbocycles. The Kier molecular flexibility index (Phi) is 4.20. The van der Waals surface area contributed by atoms with Crippen LogP contribution in [-0.2, 0) is 10.0 Å². The number of carbonyl (C=O) groups is 1. The smallest absolute Gasteiger partial charge is 0.335 e. The van der Waals surface area contributed by atoms with E-state index in [0.717, 1.165) is 10.6 Å². The highest BCUT2D eigenvalue weighted by molar-refractivity contribution is 7.92. The fourth-order valence-electron chi connectivity index (χ4n) is 2.03. The monoisotopic (exact) mass is 315 g/mol. The largest absolute Gasteiger partial charge is 0.478 e. The van der Waals surface area contributed by atoms with Crippen LogP contribution in [-0.4, -0.2) is 25.7 Å². The second-order valence-corrected chi connectivity index (χ2v) is 6.41. The van der Waals surface area contributed by atoms with Crippen LogP contribution in [0.4, 0.5) is 11.4 Å². The average Bonchev–Trinajstić information content (AvgIpc) is 2.46. The molecule has 0 aliphatic rings. The van der Waals surface area contributed by atoms with Crippen molar-refractivity contribution in [3.63, 3.8) is 0 Å². The van der Waals surface area contributed by atoms with Crippen molar-refractivity contribution in [2.75, 3.05) is 10.6 Å². The topological polar surface area (TPSA) is 74.7 Å². The number of carboxylic acids is 1. The number of nitrogens with zero attached hydrogens (tertiary/aromatic N) is 1. The summed E-state index contributed by atoms with van der Waals surface area (Å²) >= 11 is 0. The Labute approximate surface area is 128 Å². The molecule has 1 N–H and O–H groups in total. The van der Waals surface area contributed by atoms with Gasteiger partial charge in [-0.2, -0.15) is 0 Å². The van der Waals surface area contributed by atoms with Crippen molar-refractivity contribution in [2.24, 2.45) is 0 Å². The Bertz CT molecular complexity index is 851.